The van der Waals surface area contributed by atoms with Crippen molar-refractivity contribution in [1.82, 2.24) is 20.3 Å². The van der Waals surface area contributed by atoms with Crippen LogP contribution in [0.5, 0.6) is 5.88 Å². The predicted molar refractivity (Wildman–Crippen MR) is 139 cm³/mol. The van der Waals surface area contributed by atoms with Crippen LogP contribution in [-0.2, 0) is 10.0 Å². The van der Waals surface area contributed by atoms with Gasteiger partial charge in [-0.2, -0.15) is 0 Å². The van der Waals surface area contributed by atoms with Gasteiger partial charge in [-0.15, -0.1) is 0 Å². The summed E-state index contributed by atoms with van der Waals surface area (Å²) in [6.45, 7) is 3.29. The number of rotatable bonds is 7. The Labute approximate surface area is 217 Å². The average molecular weight is 539 g/mol. The van der Waals surface area contributed by atoms with E-state index in [1.54, 1.807) is 0 Å². The van der Waals surface area contributed by atoms with E-state index < -0.39 is 26.7 Å². The van der Waals surface area contributed by atoms with Crippen LogP contribution in [0.4, 0.5) is 15.9 Å². The van der Waals surface area contributed by atoms with Gasteiger partial charge in [0.05, 0.1) is 18.2 Å². The van der Waals surface area contributed by atoms with Crippen molar-refractivity contribution < 1.29 is 27.4 Å². The summed E-state index contributed by atoms with van der Waals surface area (Å²) in [7, 11) is -3.12. The minimum Gasteiger partial charge on any atom is -0.480 e. The topological polar surface area (TPSA) is 147 Å². The van der Waals surface area contributed by atoms with Gasteiger partial charge in [-0.25, -0.2) is 32.6 Å². The number of sulfonamides is 1. The number of benzene rings is 2. The molecule has 2 aromatic heterocycles. The van der Waals surface area contributed by atoms with Crippen LogP contribution in [0.15, 0.2) is 59.9 Å². The van der Waals surface area contributed by atoms with E-state index in [-0.39, 0.29) is 17.1 Å². The predicted octanol–water partition coefficient (Wildman–Crippen LogP) is 2.75. The number of halogens is 1. The summed E-state index contributed by atoms with van der Waals surface area (Å²) in [5, 5.41) is 13.2. The molecule has 4 aromatic rings. The Hall–Kier alpha value is -4.36. The lowest BCUT2D eigenvalue weighted by molar-refractivity contribution is 0.0696. The Kier molecular flexibility index (Phi) is 6.78. The number of pyridine rings is 1. The molecule has 5 rings (SSSR count). The van der Waals surface area contributed by atoms with Gasteiger partial charge in [0.25, 0.3) is 10.0 Å². The van der Waals surface area contributed by atoms with Crippen molar-refractivity contribution in [2.24, 2.45) is 0 Å². The van der Waals surface area contributed by atoms with Crippen molar-refractivity contribution in [2.45, 2.75) is 4.90 Å². The van der Waals surface area contributed by atoms with Crippen LogP contribution in [0.2, 0.25) is 0 Å². The van der Waals surface area contributed by atoms with Crippen molar-refractivity contribution in [3.63, 3.8) is 0 Å². The number of piperazine rings is 1. The maximum absolute atomic E-state index is 14.5. The van der Waals surface area contributed by atoms with Gasteiger partial charge >= 0.3 is 5.97 Å². The van der Waals surface area contributed by atoms with Crippen molar-refractivity contribution in [1.29, 1.82) is 0 Å². The Morgan fingerprint density at radius 2 is 1.87 bits per heavy atom. The largest absolute Gasteiger partial charge is 0.480 e. The van der Waals surface area contributed by atoms with Crippen molar-refractivity contribution in [2.75, 3.05) is 42.9 Å². The quantitative estimate of drug-likeness (QED) is 0.321. The summed E-state index contributed by atoms with van der Waals surface area (Å²) in [6, 6.07) is 9.69. The first kappa shape index (κ1) is 25.3. The molecular weight excluding hydrogens is 515 g/mol. The molecule has 0 bridgehead atoms. The van der Waals surface area contributed by atoms with Crippen LogP contribution in [0.25, 0.3) is 22.0 Å². The second kappa shape index (κ2) is 10.2. The number of methoxy groups -OCH3 is 1. The highest BCUT2D eigenvalue weighted by molar-refractivity contribution is 7.92. The van der Waals surface area contributed by atoms with Gasteiger partial charge in [0.2, 0.25) is 5.88 Å². The van der Waals surface area contributed by atoms with E-state index in [0.29, 0.717) is 11.6 Å². The molecule has 0 amide bonds. The summed E-state index contributed by atoms with van der Waals surface area (Å²) in [4.78, 5) is 25.7. The summed E-state index contributed by atoms with van der Waals surface area (Å²) >= 11 is 0. The third kappa shape index (κ3) is 4.93. The Morgan fingerprint density at radius 1 is 1.08 bits per heavy atom. The fourth-order valence-corrected chi connectivity index (χ4v) is 5.36. The molecule has 196 valence electrons. The molecule has 1 aliphatic rings. The first-order chi connectivity index (χ1) is 18.3. The second-order valence-electron chi connectivity index (χ2n) is 8.50. The molecule has 0 radical (unpaired) electrons. The fraction of sp³-hybridized carbons (Fsp3) is 0.200. The van der Waals surface area contributed by atoms with E-state index >= 15 is 0 Å². The third-order valence-electron chi connectivity index (χ3n) is 6.12. The van der Waals surface area contributed by atoms with E-state index in [4.69, 9.17) is 9.84 Å². The maximum Gasteiger partial charge on any atom is 0.335 e. The normalized spacial score (nSPS) is 13.9. The van der Waals surface area contributed by atoms with Gasteiger partial charge in [-0.1, -0.05) is 6.07 Å². The van der Waals surface area contributed by atoms with E-state index in [1.165, 1.54) is 25.7 Å². The molecule has 3 N–H and O–H groups in total. The molecule has 0 aliphatic carbocycles. The molecule has 3 heterocycles. The number of nitrogens with one attached hydrogen (secondary N) is 2. The van der Waals surface area contributed by atoms with Crippen molar-refractivity contribution >= 4 is 38.4 Å². The van der Waals surface area contributed by atoms with E-state index in [2.05, 4.69) is 29.9 Å². The van der Waals surface area contributed by atoms with Gasteiger partial charge in [-0.05, 0) is 42.0 Å². The number of aromatic carboxylic acids is 1. The van der Waals surface area contributed by atoms with E-state index in [0.717, 1.165) is 60.6 Å². The molecule has 38 heavy (non-hydrogen) atoms. The monoisotopic (exact) mass is 538 g/mol. The number of fused-ring (bicyclic) bond motifs is 1. The highest BCUT2D eigenvalue weighted by atomic mass is 32.2. The SMILES string of the molecule is COc1ncc(-c2ccc3ncnc(N4CCNCC4)c3c2)cc1NS(=O)(=O)c1ccc(C(=O)O)cc1F. The zero-order chi connectivity index (χ0) is 26.9. The van der Waals surface area contributed by atoms with Gasteiger partial charge in [0.1, 0.15) is 28.5 Å². The number of ether oxygens (including phenoxy) is 1. The van der Waals surface area contributed by atoms with Crippen LogP contribution in [0, 0.1) is 5.82 Å². The fourth-order valence-electron chi connectivity index (χ4n) is 4.25. The number of hydrogen-bond acceptors (Lipinski definition) is 9. The van der Waals surface area contributed by atoms with Crippen LogP contribution >= 0.6 is 0 Å². The molecule has 0 atom stereocenters. The first-order valence-electron chi connectivity index (χ1n) is 11.6. The van der Waals surface area contributed by atoms with Gasteiger partial charge in [0, 0.05) is 43.3 Å². The zero-order valence-corrected chi connectivity index (χ0v) is 21.0. The molecule has 1 aliphatic heterocycles. The minimum atomic E-state index is -4.44. The second-order valence-corrected chi connectivity index (χ2v) is 10.2. The van der Waals surface area contributed by atoms with Crippen LogP contribution in [0.1, 0.15) is 10.4 Å². The van der Waals surface area contributed by atoms with Crippen molar-refractivity contribution in [3.8, 4) is 17.0 Å². The molecule has 0 spiro atoms. The van der Waals surface area contributed by atoms with Gasteiger partial charge < -0.3 is 20.1 Å². The Bertz CT molecular complexity index is 1640. The lowest BCUT2D eigenvalue weighted by Gasteiger charge is -2.29. The smallest absolute Gasteiger partial charge is 0.335 e. The molecule has 13 heteroatoms. The third-order valence-corrected chi connectivity index (χ3v) is 7.52. The summed E-state index contributed by atoms with van der Waals surface area (Å²) in [6.07, 6.45) is 3.07. The van der Waals surface area contributed by atoms with Crippen molar-refractivity contribution in [3.05, 3.63) is 66.4 Å². The average Bonchev–Trinajstić information content (AvgIpc) is 2.92. The zero-order valence-electron chi connectivity index (χ0n) is 20.2. The number of nitrogens with zero attached hydrogens (tertiary/aromatic N) is 4. The van der Waals surface area contributed by atoms with Gasteiger partial charge in [0.15, 0.2) is 0 Å². The molecule has 1 fully saturated rings. The molecular formula is C25H23FN6O5S. The molecule has 0 saturated carbocycles. The standard InChI is InChI=1S/C25H23FN6O5S/c1-37-24-21(31-38(35,36)22-5-3-16(25(33)34)11-19(22)26)12-17(13-28-24)15-2-4-20-18(10-15)23(30-14-29-20)32-8-6-27-7-9-32/h2-5,10-14,27,31H,6-9H2,1H3,(H,33,34). The summed E-state index contributed by atoms with van der Waals surface area (Å²) in [5.41, 5.74) is 1.68. The van der Waals surface area contributed by atoms with Crippen LogP contribution < -0.4 is 19.7 Å². The number of aromatic nitrogens is 3. The molecule has 2 aromatic carbocycles. The Morgan fingerprint density at radius 3 is 2.58 bits per heavy atom. The molecule has 11 nitrogen and oxygen atoms in total. The lowest BCUT2D eigenvalue weighted by Crippen LogP contribution is -2.44. The number of carboxylic acid groups (broad SMARTS) is 1. The molecule has 1 saturated heterocycles. The first-order valence-corrected chi connectivity index (χ1v) is 13.1. The highest BCUT2D eigenvalue weighted by Gasteiger charge is 2.23. The lowest BCUT2D eigenvalue weighted by atomic mass is 10.0. The summed E-state index contributed by atoms with van der Waals surface area (Å²) < 4.78 is 48.1. The van der Waals surface area contributed by atoms with Crippen LogP contribution in [-0.4, -0.2) is 67.7 Å². The number of carboxylic acids is 1. The van der Waals surface area contributed by atoms with E-state index in [1.807, 2.05) is 18.2 Å². The minimum absolute atomic E-state index is 0.0153. The number of carbonyl (C=O) groups is 1. The summed E-state index contributed by atoms with van der Waals surface area (Å²) in [5.74, 6) is -1.79. The van der Waals surface area contributed by atoms with Gasteiger partial charge in [-0.3, -0.25) is 4.72 Å². The Balaban J connectivity index is 1.52. The maximum atomic E-state index is 14.5. The van der Waals surface area contributed by atoms with Crippen LogP contribution in [0.3, 0.4) is 0 Å². The van der Waals surface area contributed by atoms with E-state index in [9.17, 15) is 17.6 Å². The number of hydrogen-bond donors (Lipinski definition) is 3. The highest BCUT2D eigenvalue weighted by Crippen LogP contribution is 2.33. The molecule has 0 unspecified atom stereocenters. The number of anilines is 2.